The molecule has 13 heavy (non-hydrogen) atoms. The van der Waals surface area contributed by atoms with Gasteiger partial charge in [-0.1, -0.05) is 6.92 Å². The highest BCUT2D eigenvalue weighted by molar-refractivity contribution is 5.78. The molecule has 2 N–H and O–H groups in total. The fourth-order valence-electron chi connectivity index (χ4n) is 1.76. The first-order valence-corrected chi connectivity index (χ1v) is 5.25. The van der Waals surface area contributed by atoms with Crippen LogP contribution in [-0.2, 0) is 4.79 Å². The van der Waals surface area contributed by atoms with Gasteiger partial charge in [0.2, 0.25) is 5.91 Å². The van der Waals surface area contributed by atoms with Crippen LogP contribution in [0.5, 0.6) is 0 Å². The van der Waals surface area contributed by atoms with Crippen molar-refractivity contribution in [2.75, 3.05) is 13.1 Å². The van der Waals surface area contributed by atoms with Gasteiger partial charge in [-0.05, 0) is 32.7 Å². The van der Waals surface area contributed by atoms with Gasteiger partial charge in [-0.2, -0.15) is 0 Å². The highest BCUT2D eigenvalue weighted by Crippen LogP contribution is 2.15. The Labute approximate surface area is 80.3 Å². The quantitative estimate of drug-likeness (QED) is 0.684. The maximum Gasteiger partial charge on any atom is 0.223 e. The van der Waals surface area contributed by atoms with Gasteiger partial charge in [-0.25, -0.2) is 0 Å². The lowest BCUT2D eigenvalue weighted by atomic mass is 9.92. The van der Waals surface area contributed by atoms with Crippen molar-refractivity contribution in [1.29, 1.82) is 0 Å². The normalized spacial score (nSPS) is 28.5. The largest absolute Gasteiger partial charge is 0.356 e. The third kappa shape index (κ3) is 3.35. The average Bonchev–Trinajstić information content (AvgIpc) is 2.14. The second kappa shape index (κ2) is 5.22. The Kier molecular flexibility index (Phi) is 4.22. The zero-order valence-corrected chi connectivity index (χ0v) is 8.60. The Morgan fingerprint density at radius 1 is 1.62 bits per heavy atom. The molecule has 0 spiro atoms. The summed E-state index contributed by atoms with van der Waals surface area (Å²) in [5.41, 5.74) is 0. The van der Waals surface area contributed by atoms with Crippen LogP contribution in [0.25, 0.3) is 0 Å². The van der Waals surface area contributed by atoms with Gasteiger partial charge in [-0.15, -0.1) is 0 Å². The van der Waals surface area contributed by atoms with E-state index < -0.39 is 0 Å². The Morgan fingerprint density at radius 3 is 3.00 bits per heavy atom. The number of hydrogen-bond acceptors (Lipinski definition) is 2. The number of rotatable bonds is 3. The molecule has 1 amide bonds. The molecule has 3 heteroatoms. The van der Waals surface area contributed by atoms with E-state index >= 15 is 0 Å². The van der Waals surface area contributed by atoms with Crippen molar-refractivity contribution in [3.05, 3.63) is 0 Å². The molecule has 1 aliphatic heterocycles. The summed E-state index contributed by atoms with van der Waals surface area (Å²) < 4.78 is 0. The summed E-state index contributed by atoms with van der Waals surface area (Å²) in [4.78, 5) is 11.6. The third-order valence-electron chi connectivity index (χ3n) is 2.54. The zero-order chi connectivity index (χ0) is 9.68. The fraction of sp³-hybridized carbons (Fsp3) is 0.900. The first kappa shape index (κ1) is 10.5. The van der Waals surface area contributed by atoms with Crippen LogP contribution in [-0.4, -0.2) is 25.0 Å². The summed E-state index contributed by atoms with van der Waals surface area (Å²) in [6, 6.07) is 0.492. The lowest BCUT2D eigenvalue weighted by Crippen LogP contribution is -2.42. The van der Waals surface area contributed by atoms with Gasteiger partial charge in [0.1, 0.15) is 0 Å². The summed E-state index contributed by atoms with van der Waals surface area (Å²) in [5, 5.41) is 6.30. The number of carbonyl (C=O) groups excluding carboxylic acids is 1. The molecule has 1 saturated heterocycles. The van der Waals surface area contributed by atoms with E-state index in [-0.39, 0.29) is 11.8 Å². The van der Waals surface area contributed by atoms with Crippen LogP contribution in [0.4, 0.5) is 0 Å². The van der Waals surface area contributed by atoms with Crippen molar-refractivity contribution in [3.8, 4) is 0 Å². The summed E-state index contributed by atoms with van der Waals surface area (Å²) >= 11 is 0. The van der Waals surface area contributed by atoms with Crippen molar-refractivity contribution in [3.63, 3.8) is 0 Å². The molecular weight excluding hydrogens is 164 g/mol. The minimum Gasteiger partial charge on any atom is -0.356 e. The molecule has 0 bridgehead atoms. The van der Waals surface area contributed by atoms with Crippen LogP contribution >= 0.6 is 0 Å². The molecule has 0 aromatic heterocycles. The first-order chi connectivity index (χ1) is 6.24. The summed E-state index contributed by atoms with van der Waals surface area (Å²) in [6.07, 6.45) is 2.99. The van der Waals surface area contributed by atoms with Crippen LogP contribution in [0.3, 0.4) is 0 Å². The topological polar surface area (TPSA) is 41.1 Å². The van der Waals surface area contributed by atoms with E-state index in [1.54, 1.807) is 0 Å². The van der Waals surface area contributed by atoms with E-state index in [0.29, 0.717) is 6.04 Å². The number of carbonyl (C=O) groups is 1. The number of piperidine rings is 1. The van der Waals surface area contributed by atoms with E-state index in [1.807, 2.05) is 0 Å². The van der Waals surface area contributed by atoms with Gasteiger partial charge in [0.25, 0.3) is 0 Å². The highest BCUT2D eigenvalue weighted by atomic mass is 16.1. The van der Waals surface area contributed by atoms with Crippen molar-refractivity contribution < 1.29 is 4.79 Å². The Morgan fingerprint density at radius 2 is 2.38 bits per heavy atom. The fourth-order valence-corrected chi connectivity index (χ4v) is 1.76. The molecule has 1 heterocycles. The molecule has 2 atom stereocenters. The van der Waals surface area contributed by atoms with Crippen molar-refractivity contribution in [2.24, 2.45) is 5.92 Å². The van der Waals surface area contributed by atoms with Gasteiger partial charge in [0.05, 0.1) is 0 Å². The Hall–Kier alpha value is -0.570. The number of nitrogens with one attached hydrogen (secondary N) is 2. The monoisotopic (exact) mass is 184 g/mol. The zero-order valence-electron chi connectivity index (χ0n) is 8.60. The maximum absolute atomic E-state index is 11.6. The Bertz CT molecular complexity index is 170. The van der Waals surface area contributed by atoms with E-state index in [2.05, 4.69) is 24.5 Å². The molecule has 1 rings (SSSR count). The molecule has 0 radical (unpaired) electrons. The predicted molar refractivity (Wildman–Crippen MR) is 53.5 cm³/mol. The lowest BCUT2D eigenvalue weighted by Gasteiger charge is -2.26. The summed E-state index contributed by atoms with van der Waals surface area (Å²) in [6.45, 7) is 6.01. The predicted octanol–water partition coefficient (Wildman–Crippen LogP) is 0.901. The SMILES string of the molecule is CCCNC(=O)C1CCNC(C)C1. The van der Waals surface area contributed by atoms with Crippen LogP contribution in [0, 0.1) is 5.92 Å². The highest BCUT2D eigenvalue weighted by Gasteiger charge is 2.23. The van der Waals surface area contributed by atoms with Crippen molar-refractivity contribution >= 4 is 5.91 Å². The standard InChI is InChI=1S/C10H20N2O/c1-3-5-12-10(13)9-4-6-11-8(2)7-9/h8-9,11H,3-7H2,1-2H3,(H,12,13). The molecule has 0 aliphatic carbocycles. The van der Waals surface area contributed by atoms with E-state index in [1.165, 1.54) is 0 Å². The smallest absolute Gasteiger partial charge is 0.223 e. The summed E-state index contributed by atoms with van der Waals surface area (Å²) in [5.74, 6) is 0.484. The molecule has 3 nitrogen and oxygen atoms in total. The summed E-state index contributed by atoms with van der Waals surface area (Å²) in [7, 11) is 0. The van der Waals surface area contributed by atoms with Crippen LogP contribution < -0.4 is 10.6 Å². The molecule has 1 aliphatic rings. The van der Waals surface area contributed by atoms with E-state index in [4.69, 9.17) is 0 Å². The lowest BCUT2D eigenvalue weighted by molar-refractivity contribution is -0.126. The van der Waals surface area contributed by atoms with Crippen LogP contribution in [0.2, 0.25) is 0 Å². The van der Waals surface area contributed by atoms with Gasteiger partial charge in [0.15, 0.2) is 0 Å². The molecule has 0 aromatic rings. The van der Waals surface area contributed by atoms with E-state index in [0.717, 1.165) is 32.4 Å². The number of amides is 1. The molecule has 76 valence electrons. The molecular formula is C10H20N2O. The first-order valence-electron chi connectivity index (χ1n) is 5.25. The average molecular weight is 184 g/mol. The second-order valence-corrected chi connectivity index (χ2v) is 3.87. The van der Waals surface area contributed by atoms with E-state index in [9.17, 15) is 4.79 Å². The molecule has 2 unspecified atom stereocenters. The van der Waals surface area contributed by atoms with Crippen molar-refractivity contribution in [1.82, 2.24) is 10.6 Å². The minimum atomic E-state index is 0.239. The number of hydrogen-bond donors (Lipinski definition) is 2. The molecule has 0 saturated carbocycles. The van der Waals surface area contributed by atoms with Crippen molar-refractivity contribution in [2.45, 2.75) is 39.2 Å². The second-order valence-electron chi connectivity index (χ2n) is 3.87. The van der Waals surface area contributed by atoms with Gasteiger partial charge < -0.3 is 10.6 Å². The maximum atomic E-state index is 11.6. The van der Waals surface area contributed by atoms with Gasteiger partial charge >= 0.3 is 0 Å². The molecule has 0 aromatic carbocycles. The Balaban J connectivity index is 2.28. The third-order valence-corrected chi connectivity index (χ3v) is 2.54. The van der Waals surface area contributed by atoms with Crippen LogP contribution in [0.15, 0.2) is 0 Å². The van der Waals surface area contributed by atoms with Gasteiger partial charge in [-0.3, -0.25) is 4.79 Å². The minimum absolute atomic E-state index is 0.239. The van der Waals surface area contributed by atoms with Gasteiger partial charge in [0, 0.05) is 18.5 Å². The molecule has 1 fully saturated rings. The van der Waals surface area contributed by atoms with Crippen LogP contribution in [0.1, 0.15) is 33.1 Å².